The Morgan fingerprint density at radius 2 is 1.96 bits per heavy atom. The van der Waals surface area contributed by atoms with E-state index in [1.807, 2.05) is 18.5 Å². The van der Waals surface area contributed by atoms with Crippen molar-refractivity contribution >= 4 is 5.91 Å². The second-order valence-electron chi connectivity index (χ2n) is 7.02. The van der Waals surface area contributed by atoms with Gasteiger partial charge in [0.1, 0.15) is 0 Å². The molecule has 0 bridgehead atoms. The summed E-state index contributed by atoms with van der Waals surface area (Å²) in [6.45, 7) is 4.88. The quantitative estimate of drug-likeness (QED) is 0.810. The normalized spacial score (nSPS) is 20.1. The summed E-state index contributed by atoms with van der Waals surface area (Å²) in [7, 11) is 0. The van der Waals surface area contributed by atoms with Gasteiger partial charge in [-0.05, 0) is 30.4 Å². The molecule has 3 rings (SSSR count). The lowest BCUT2D eigenvalue weighted by Gasteiger charge is -2.35. The number of pyridine rings is 1. The summed E-state index contributed by atoms with van der Waals surface area (Å²) in [5, 5.41) is 0. The van der Waals surface area contributed by atoms with Gasteiger partial charge in [0.15, 0.2) is 0 Å². The Kier molecular flexibility index (Phi) is 6.03. The average Bonchev–Trinajstić information content (AvgIpc) is 3.13. The van der Waals surface area contributed by atoms with Gasteiger partial charge in [0.25, 0.3) is 0 Å². The molecule has 1 saturated heterocycles. The van der Waals surface area contributed by atoms with E-state index in [0.29, 0.717) is 5.91 Å². The highest BCUT2D eigenvalue weighted by molar-refractivity contribution is 5.76. The van der Waals surface area contributed by atoms with Crippen LogP contribution in [0.25, 0.3) is 0 Å². The van der Waals surface area contributed by atoms with Crippen LogP contribution < -0.4 is 0 Å². The Balaban J connectivity index is 1.33. The Hall–Kier alpha value is -1.42. The summed E-state index contributed by atoms with van der Waals surface area (Å²) < 4.78 is 0. The predicted octanol–water partition coefficient (Wildman–Crippen LogP) is 2.74. The van der Waals surface area contributed by atoms with Crippen LogP contribution in [0, 0.1) is 5.92 Å². The third-order valence-corrected chi connectivity index (χ3v) is 5.41. The van der Waals surface area contributed by atoms with Crippen LogP contribution in [-0.4, -0.2) is 53.4 Å². The van der Waals surface area contributed by atoms with E-state index in [9.17, 15) is 4.79 Å². The highest BCUT2D eigenvalue weighted by Gasteiger charge is 2.22. The highest BCUT2D eigenvalue weighted by Crippen LogP contribution is 2.28. The number of hydrogen-bond acceptors (Lipinski definition) is 3. The second kappa shape index (κ2) is 8.44. The molecule has 0 aromatic carbocycles. The van der Waals surface area contributed by atoms with E-state index in [4.69, 9.17) is 0 Å². The van der Waals surface area contributed by atoms with Gasteiger partial charge >= 0.3 is 0 Å². The zero-order valence-electron chi connectivity index (χ0n) is 14.1. The van der Waals surface area contributed by atoms with Crippen LogP contribution in [0.15, 0.2) is 24.5 Å². The number of carbonyl (C=O) groups is 1. The fourth-order valence-electron chi connectivity index (χ4n) is 3.84. The van der Waals surface area contributed by atoms with E-state index in [1.165, 1.54) is 31.2 Å². The maximum Gasteiger partial charge on any atom is 0.222 e. The molecular weight excluding hydrogens is 286 g/mol. The molecule has 126 valence electrons. The van der Waals surface area contributed by atoms with Crippen molar-refractivity contribution in [3.05, 3.63) is 30.1 Å². The molecule has 0 radical (unpaired) electrons. The zero-order chi connectivity index (χ0) is 15.9. The van der Waals surface area contributed by atoms with Crippen LogP contribution in [0.3, 0.4) is 0 Å². The van der Waals surface area contributed by atoms with Crippen molar-refractivity contribution in [1.82, 2.24) is 14.8 Å². The molecule has 0 atom stereocenters. The van der Waals surface area contributed by atoms with Gasteiger partial charge in [-0.3, -0.25) is 14.7 Å². The largest absolute Gasteiger partial charge is 0.340 e. The summed E-state index contributed by atoms with van der Waals surface area (Å²) in [5.74, 6) is 1.20. The summed E-state index contributed by atoms with van der Waals surface area (Å²) in [6, 6.07) is 4.13. The van der Waals surface area contributed by atoms with E-state index >= 15 is 0 Å². The monoisotopic (exact) mass is 315 g/mol. The molecule has 2 fully saturated rings. The van der Waals surface area contributed by atoms with E-state index in [2.05, 4.69) is 20.9 Å². The maximum atomic E-state index is 12.3. The van der Waals surface area contributed by atoms with Gasteiger partial charge in [0.2, 0.25) is 5.91 Å². The summed E-state index contributed by atoms with van der Waals surface area (Å²) in [5.41, 5.74) is 1.29. The minimum absolute atomic E-state index is 0.379. The minimum Gasteiger partial charge on any atom is -0.340 e. The van der Waals surface area contributed by atoms with Crippen molar-refractivity contribution < 1.29 is 4.79 Å². The zero-order valence-corrected chi connectivity index (χ0v) is 14.1. The fourth-order valence-corrected chi connectivity index (χ4v) is 3.84. The molecule has 0 N–H and O–H groups in total. The van der Waals surface area contributed by atoms with E-state index in [1.54, 1.807) is 0 Å². The fraction of sp³-hybridized carbons (Fsp3) is 0.684. The first-order chi connectivity index (χ1) is 11.3. The van der Waals surface area contributed by atoms with Crippen LogP contribution in [0.4, 0.5) is 0 Å². The standard InChI is InChI=1S/C19H29N3O/c23-19(8-7-17-4-1-2-5-17)22-14-12-21(13-15-22)11-9-18-6-3-10-20-16-18/h3,6,10,16-17H,1-2,4-5,7-9,11-15H2. The first-order valence-electron chi connectivity index (χ1n) is 9.20. The minimum atomic E-state index is 0.379. The molecule has 4 heteroatoms. The van der Waals surface area contributed by atoms with Crippen molar-refractivity contribution in [3.8, 4) is 0 Å². The number of rotatable bonds is 6. The first kappa shape index (κ1) is 16.4. The Bertz CT molecular complexity index is 477. The molecule has 2 aliphatic rings. The lowest BCUT2D eigenvalue weighted by atomic mass is 10.0. The number of hydrogen-bond donors (Lipinski definition) is 0. The molecule has 0 unspecified atom stereocenters. The number of amides is 1. The van der Waals surface area contributed by atoms with E-state index in [-0.39, 0.29) is 0 Å². The third-order valence-electron chi connectivity index (χ3n) is 5.41. The van der Waals surface area contributed by atoms with Crippen LogP contribution in [-0.2, 0) is 11.2 Å². The smallest absolute Gasteiger partial charge is 0.222 e. The number of nitrogens with zero attached hydrogens (tertiary/aromatic N) is 3. The molecule has 23 heavy (non-hydrogen) atoms. The molecule has 1 saturated carbocycles. The molecule has 1 aliphatic heterocycles. The van der Waals surface area contributed by atoms with Gasteiger partial charge in [0.05, 0.1) is 0 Å². The number of carbonyl (C=O) groups excluding carboxylic acids is 1. The molecule has 1 aromatic rings. The Labute approximate surface area is 139 Å². The van der Waals surface area contributed by atoms with Gasteiger partial charge in [-0.25, -0.2) is 0 Å². The van der Waals surface area contributed by atoms with Gasteiger partial charge in [-0.15, -0.1) is 0 Å². The molecular formula is C19H29N3O. The molecule has 4 nitrogen and oxygen atoms in total. The van der Waals surface area contributed by atoms with E-state index in [0.717, 1.165) is 57.9 Å². The van der Waals surface area contributed by atoms with Crippen molar-refractivity contribution in [3.63, 3.8) is 0 Å². The summed E-state index contributed by atoms with van der Waals surface area (Å²) >= 11 is 0. The summed E-state index contributed by atoms with van der Waals surface area (Å²) in [4.78, 5) is 21.1. The molecule has 1 aliphatic carbocycles. The van der Waals surface area contributed by atoms with Gasteiger partial charge in [0, 0.05) is 51.5 Å². The lowest BCUT2D eigenvalue weighted by molar-refractivity contribution is -0.133. The van der Waals surface area contributed by atoms with Crippen molar-refractivity contribution in [2.45, 2.75) is 44.9 Å². The van der Waals surface area contributed by atoms with Crippen molar-refractivity contribution in [2.24, 2.45) is 5.92 Å². The van der Waals surface area contributed by atoms with Crippen LogP contribution in [0.5, 0.6) is 0 Å². The predicted molar refractivity (Wildman–Crippen MR) is 92.2 cm³/mol. The van der Waals surface area contributed by atoms with Crippen LogP contribution >= 0.6 is 0 Å². The van der Waals surface area contributed by atoms with Crippen molar-refractivity contribution in [2.75, 3.05) is 32.7 Å². The molecule has 2 heterocycles. The highest BCUT2D eigenvalue weighted by atomic mass is 16.2. The Morgan fingerprint density at radius 1 is 1.17 bits per heavy atom. The van der Waals surface area contributed by atoms with Crippen LogP contribution in [0.2, 0.25) is 0 Å². The molecule has 1 amide bonds. The lowest BCUT2D eigenvalue weighted by Crippen LogP contribution is -2.49. The number of piperazine rings is 1. The summed E-state index contributed by atoms with van der Waals surface area (Å²) in [6.07, 6.45) is 12.1. The van der Waals surface area contributed by atoms with Gasteiger partial charge < -0.3 is 4.90 Å². The maximum absolute atomic E-state index is 12.3. The first-order valence-corrected chi connectivity index (χ1v) is 9.20. The second-order valence-corrected chi connectivity index (χ2v) is 7.02. The van der Waals surface area contributed by atoms with Crippen molar-refractivity contribution in [1.29, 1.82) is 0 Å². The number of aromatic nitrogens is 1. The van der Waals surface area contributed by atoms with Gasteiger partial charge in [-0.1, -0.05) is 31.7 Å². The van der Waals surface area contributed by atoms with Gasteiger partial charge in [-0.2, -0.15) is 0 Å². The van der Waals surface area contributed by atoms with E-state index < -0.39 is 0 Å². The average molecular weight is 315 g/mol. The SMILES string of the molecule is O=C(CCC1CCCC1)N1CCN(CCc2cccnc2)CC1. The Morgan fingerprint density at radius 3 is 2.65 bits per heavy atom. The molecule has 0 spiro atoms. The third kappa shape index (κ3) is 5.03. The van der Waals surface area contributed by atoms with Crippen LogP contribution in [0.1, 0.15) is 44.1 Å². The topological polar surface area (TPSA) is 36.4 Å². The molecule has 1 aromatic heterocycles.